The van der Waals surface area contributed by atoms with E-state index in [0.29, 0.717) is 22.2 Å². The molecule has 0 radical (unpaired) electrons. The Balaban J connectivity index is 2.05. The molecule has 0 aliphatic carbocycles. The van der Waals surface area contributed by atoms with Crippen LogP contribution in [0.25, 0.3) is 0 Å². The maximum atomic E-state index is 12.2. The van der Waals surface area contributed by atoms with E-state index in [4.69, 9.17) is 21.1 Å². The Morgan fingerprint density at radius 3 is 2.35 bits per heavy atom. The van der Waals surface area contributed by atoms with E-state index in [-0.39, 0.29) is 4.90 Å². The molecule has 0 bridgehead atoms. The first-order valence-electron chi connectivity index (χ1n) is 7.54. The number of nitrogens with one attached hydrogen (secondary N) is 2. The molecule has 140 valence electrons. The fourth-order valence-electron chi connectivity index (χ4n) is 2.12. The molecule has 26 heavy (non-hydrogen) atoms. The van der Waals surface area contributed by atoms with Crippen LogP contribution in [-0.4, -0.2) is 35.1 Å². The highest BCUT2D eigenvalue weighted by Gasteiger charge is 2.17. The zero-order valence-electron chi connectivity index (χ0n) is 14.5. The lowest BCUT2D eigenvalue weighted by molar-refractivity contribution is -0.115. The highest BCUT2D eigenvalue weighted by Crippen LogP contribution is 2.30. The molecule has 2 N–H and O–H groups in total. The summed E-state index contributed by atoms with van der Waals surface area (Å²) >= 11 is 6.02. The maximum Gasteiger partial charge on any atom is 0.241 e. The van der Waals surface area contributed by atoms with Crippen molar-refractivity contribution in [2.24, 2.45) is 0 Å². The van der Waals surface area contributed by atoms with E-state index in [1.807, 2.05) is 0 Å². The van der Waals surface area contributed by atoms with Crippen molar-refractivity contribution in [1.82, 2.24) is 4.72 Å². The van der Waals surface area contributed by atoms with E-state index >= 15 is 0 Å². The number of ether oxygens (including phenoxy) is 2. The largest absolute Gasteiger partial charge is 0.497 e. The van der Waals surface area contributed by atoms with Gasteiger partial charge in [0.05, 0.1) is 31.3 Å². The van der Waals surface area contributed by atoms with Crippen molar-refractivity contribution in [2.45, 2.75) is 11.8 Å². The van der Waals surface area contributed by atoms with Crippen LogP contribution < -0.4 is 19.5 Å². The van der Waals surface area contributed by atoms with Crippen molar-refractivity contribution in [2.75, 3.05) is 26.1 Å². The molecule has 2 aromatic rings. The molecule has 7 nitrogen and oxygen atoms in total. The Bertz CT molecular complexity index is 898. The molecule has 2 aromatic carbocycles. The minimum absolute atomic E-state index is 0.0333. The van der Waals surface area contributed by atoms with Crippen molar-refractivity contribution < 1.29 is 22.7 Å². The molecule has 0 heterocycles. The lowest BCUT2D eigenvalue weighted by Gasteiger charge is -2.13. The van der Waals surface area contributed by atoms with Gasteiger partial charge in [-0.2, -0.15) is 0 Å². The van der Waals surface area contributed by atoms with Crippen LogP contribution >= 0.6 is 11.6 Å². The summed E-state index contributed by atoms with van der Waals surface area (Å²) in [5.74, 6) is 0.376. The van der Waals surface area contributed by atoms with Crippen LogP contribution in [0.3, 0.4) is 0 Å². The molecule has 0 saturated heterocycles. The van der Waals surface area contributed by atoms with E-state index in [1.54, 1.807) is 19.1 Å². The molecule has 1 amide bonds. The van der Waals surface area contributed by atoms with Crippen molar-refractivity contribution in [3.8, 4) is 11.5 Å². The SMILES string of the molecule is COc1ccc(S(=O)(=O)NCC(=O)Nc2cc(C)c(Cl)cc2OC)cc1. The second-order valence-corrected chi connectivity index (χ2v) is 7.52. The van der Waals surface area contributed by atoms with E-state index < -0.39 is 22.5 Å². The molecule has 2 rings (SSSR count). The summed E-state index contributed by atoms with van der Waals surface area (Å²) in [6.45, 7) is 1.35. The molecular weight excluding hydrogens is 380 g/mol. The second-order valence-electron chi connectivity index (χ2n) is 5.35. The van der Waals surface area contributed by atoms with Gasteiger partial charge in [-0.3, -0.25) is 4.79 Å². The lowest BCUT2D eigenvalue weighted by atomic mass is 10.2. The van der Waals surface area contributed by atoms with Crippen LogP contribution in [0.2, 0.25) is 5.02 Å². The van der Waals surface area contributed by atoms with Gasteiger partial charge < -0.3 is 14.8 Å². The molecule has 9 heteroatoms. The van der Waals surface area contributed by atoms with Gasteiger partial charge in [0.2, 0.25) is 15.9 Å². The normalized spacial score (nSPS) is 11.1. The summed E-state index contributed by atoms with van der Waals surface area (Å²) in [6, 6.07) is 9.06. The van der Waals surface area contributed by atoms with Crippen LogP contribution in [0.15, 0.2) is 41.3 Å². The van der Waals surface area contributed by atoms with Crippen LogP contribution in [-0.2, 0) is 14.8 Å². The molecule has 0 aliphatic rings. The Hall–Kier alpha value is -2.29. The first-order valence-corrected chi connectivity index (χ1v) is 9.40. The monoisotopic (exact) mass is 398 g/mol. The molecule has 0 unspecified atom stereocenters. The number of carbonyl (C=O) groups is 1. The topological polar surface area (TPSA) is 93.7 Å². The Morgan fingerprint density at radius 1 is 1.12 bits per heavy atom. The number of methoxy groups -OCH3 is 2. The van der Waals surface area contributed by atoms with E-state index in [2.05, 4.69) is 10.0 Å². The first kappa shape index (κ1) is 20.0. The third kappa shape index (κ3) is 4.87. The number of anilines is 1. The number of sulfonamides is 1. The highest BCUT2D eigenvalue weighted by molar-refractivity contribution is 7.89. The Kier molecular flexibility index (Phi) is 6.47. The maximum absolute atomic E-state index is 12.2. The number of benzene rings is 2. The van der Waals surface area contributed by atoms with Gasteiger partial charge >= 0.3 is 0 Å². The average Bonchev–Trinajstić information content (AvgIpc) is 2.63. The third-order valence-corrected chi connectivity index (χ3v) is 5.37. The summed E-state index contributed by atoms with van der Waals surface area (Å²) in [5, 5.41) is 3.10. The molecule has 0 atom stereocenters. The Labute approximate surface area is 157 Å². The molecule has 0 aliphatic heterocycles. The van der Waals surface area contributed by atoms with Gasteiger partial charge in [-0.15, -0.1) is 0 Å². The standard InChI is InChI=1S/C17H19ClN2O5S/c1-11-8-15(16(25-3)9-14(11)18)20-17(21)10-19-26(22,23)13-6-4-12(24-2)5-7-13/h4-9,19H,10H2,1-3H3,(H,20,21). The molecule has 0 aromatic heterocycles. The van der Waals surface area contributed by atoms with Gasteiger partial charge in [-0.25, -0.2) is 13.1 Å². The smallest absolute Gasteiger partial charge is 0.241 e. The number of amides is 1. The highest BCUT2D eigenvalue weighted by atomic mass is 35.5. The number of carbonyl (C=O) groups excluding carboxylic acids is 1. The van der Waals surface area contributed by atoms with Gasteiger partial charge in [0.15, 0.2) is 0 Å². The summed E-state index contributed by atoms with van der Waals surface area (Å²) in [6.07, 6.45) is 0. The number of hydrogen-bond acceptors (Lipinski definition) is 5. The van der Waals surface area contributed by atoms with Gasteiger partial charge in [0.25, 0.3) is 0 Å². The predicted molar refractivity (Wildman–Crippen MR) is 99.6 cm³/mol. The van der Waals surface area contributed by atoms with Crippen LogP contribution in [0.1, 0.15) is 5.56 Å². The number of aryl methyl sites for hydroxylation is 1. The van der Waals surface area contributed by atoms with Crippen LogP contribution in [0.5, 0.6) is 11.5 Å². The number of rotatable bonds is 7. The van der Waals surface area contributed by atoms with Gasteiger partial charge in [0.1, 0.15) is 11.5 Å². The third-order valence-electron chi connectivity index (χ3n) is 3.55. The van der Waals surface area contributed by atoms with Crippen LogP contribution in [0.4, 0.5) is 5.69 Å². The minimum Gasteiger partial charge on any atom is -0.497 e. The van der Waals surface area contributed by atoms with Crippen molar-refractivity contribution in [3.63, 3.8) is 0 Å². The first-order chi connectivity index (χ1) is 12.3. The fourth-order valence-corrected chi connectivity index (χ4v) is 3.26. The van der Waals surface area contributed by atoms with Crippen molar-refractivity contribution in [3.05, 3.63) is 47.0 Å². The summed E-state index contributed by atoms with van der Waals surface area (Å²) in [7, 11) is -0.890. The Morgan fingerprint density at radius 2 is 1.77 bits per heavy atom. The quantitative estimate of drug-likeness (QED) is 0.747. The lowest BCUT2D eigenvalue weighted by Crippen LogP contribution is -2.33. The average molecular weight is 399 g/mol. The minimum atomic E-state index is -3.82. The van der Waals surface area contributed by atoms with Crippen molar-refractivity contribution in [1.29, 1.82) is 0 Å². The van der Waals surface area contributed by atoms with Crippen LogP contribution in [0, 0.1) is 6.92 Å². The molecule has 0 fully saturated rings. The predicted octanol–water partition coefficient (Wildman–Crippen LogP) is 2.58. The number of hydrogen-bond donors (Lipinski definition) is 2. The van der Waals surface area contributed by atoms with Crippen molar-refractivity contribution >= 4 is 33.2 Å². The molecule has 0 spiro atoms. The van der Waals surface area contributed by atoms with E-state index in [9.17, 15) is 13.2 Å². The van der Waals surface area contributed by atoms with Gasteiger partial charge in [0, 0.05) is 11.1 Å². The zero-order valence-corrected chi connectivity index (χ0v) is 16.1. The fraction of sp³-hybridized carbons (Fsp3) is 0.235. The van der Waals surface area contributed by atoms with Gasteiger partial charge in [-0.1, -0.05) is 11.6 Å². The van der Waals surface area contributed by atoms with E-state index in [1.165, 1.54) is 38.5 Å². The summed E-state index contributed by atoms with van der Waals surface area (Å²) in [4.78, 5) is 12.1. The summed E-state index contributed by atoms with van der Waals surface area (Å²) < 4.78 is 36.9. The number of halogens is 1. The molecular formula is C17H19ClN2O5S. The molecule has 0 saturated carbocycles. The second kappa shape index (κ2) is 8.39. The van der Waals surface area contributed by atoms with Gasteiger partial charge in [-0.05, 0) is 42.8 Å². The van der Waals surface area contributed by atoms with E-state index in [0.717, 1.165) is 5.56 Å². The summed E-state index contributed by atoms with van der Waals surface area (Å²) in [5.41, 5.74) is 1.16. The zero-order chi connectivity index (χ0) is 19.3.